The van der Waals surface area contributed by atoms with Gasteiger partial charge in [0.2, 0.25) is 5.91 Å². The number of carboxylic acids is 1. The van der Waals surface area contributed by atoms with E-state index in [1.165, 1.54) is 11.0 Å². The standard InChI is InChI=1S/C16H18FNO3/c17-13-6-2-1-5-10(13)11-9-12(11)15(19)18-8-4-3-7-14(18)16(20)21/h1-2,5-6,11-12,14H,3-4,7-9H2,(H,20,21). The molecule has 2 fully saturated rings. The third-order valence-corrected chi connectivity index (χ3v) is 4.48. The van der Waals surface area contributed by atoms with Crippen LogP contribution in [0.2, 0.25) is 0 Å². The summed E-state index contributed by atoms with van der Waals surface area (Å²) in [5.41, 5.74) is 0.569. The molecule has 1 aliphatic carbocycles. The van der Waals surface area contributed by atoms with E-state index < -0.39 is 12.0 Å². The molecule has 3 rings (SSSR count). The van der Waals surface area contributed by atoms with Gasteiger partial charge >= 0.3 is 5.97 Å². The van der Waals surface area contributed by atoms with Gasteiger partial charge in [0.1, 0.15) is 11.9 Å². The van der Waals surface area contributed by atoms with E-state index in [1.807, 2.05) is 0 Å². The fourth-order valence-corrected chi connectivity index (χ4v) is 3.25. The van der Waals surface area contributed by atoms with E-state index in [4.69, 9.17) is 0 Å². The lowest BCUT2D eigenvalue weighted by molar-refractivity contribution is -0.152. The first kappa shape index (κ1) is 14.0. The summed E-state index contributed by atoms with van der Waals surface area (Å²) >= 11 is 0. The van der Waals surface area contributed by atoms with Crippen LogP contribution >= 0.6 is 0 Å². The number of halogens is 1. The fourth-order valence-electron chi connectivity index (χ4n) is 3.25. The van der Waals surface area contributed by atoms with Crippen molar-refractivity contribution in [2.45, 2.75) is 37.6 Å². The number of piperidine rings is 1. The highest BCUT2D eigenvalue weighted by Gasteiger charge is 2.48. The Kier molecular flexibility index (Phi) is 3.66. The molecule has 0 spiro atoms. The van der Waals surface area contributed by atoms with Crippen LogP contribution in [0.25, 0.3) is 0 Å². The predicted octanol–water partition coefficient (Wildman–Crippen LogP) is 2.39. The SMILES string of the molecule is O=C(O)C1CCCCN1C(=O)C1CC1c1ccccc1F. The summed E-state index contributed by atoms with van der Waals surface area (Å²) in [6.07, 6.45) is 2.80. The lowest BCUT2D eigenvalue weighted by Gasteiger charge is -2.33. The predicted molar refractivity (Wildman–Crippen MR) is 74.2 cm³/mol. The zero-order valence-electron chi connectivity index (χ0n) is 11.7. The van der Waals surface area contributed by atoms with Gasteiger partial charge < -0.3 is 10.0 Å². The molecule has 4 nitrogen and oxygen atoms in total. The van der Waals surface area contributed by atoms with Crippen LogP contribution in [0.1, 0.15) is 37.2 Å². The van der Waals surface area contributed by atoms with Crippen molar-refractivity contribution in [2.75, 3.05) is 6.54 Å². The summed E-state index contributed by atoms with van der Waals surface area (Å²) in [6, 6.07) is 5.78. The monoisotopic (exact) mass is 291 g/mol. The van der Waals surface area contributed by atoms with Crippen LogP contribution in [0.15, 0.2) is 24.3 Å². The van der Waals surface area contributed by atoms with Crippen molar-refractivity contribution in [3.63, 3.8) is 0 Å². The van der Waals surface area contributed by atoms with Gasteiger partial charge in [0.05, 0.1) is 0 Å². The van der Waals surface area contributed by atoms with Crippen LogP contribution < -0.4 is 0 Å². The quantitative estimate of drug-likeness (QED) is 0.930. The molecule has 1 saturated carbocycles. The minimum absolute atomic E-state index is 0.102. The fraction of sp³-hybridized carbons (Fsp3) is 0.500. The second-order valence-electron chi connectivity index (χ2n) is 5.85. The van der Waals surface area contributed by atoms with Crippen molar-refractivity contribution >= 4 is 11.9 Å². The van der Waals surface area contributed by atoms with Gasteiger partial charge in [-0.25, -0.2) is 9.18 Å². The van der Waals surface area contributed by atoms with Crippen molar-refractivity contribution in [3.05, 3.63) is 35.6 Å². The molecule has 112 valence electrons. The molecule has 1 N–H and O–H groups in total. The molecule has 1 aromatic carbocycles. The molecule has 1 heterocycles. The van der Waals surface area contributed by atoms with Crippen LogP contribution in [0, 0.1) is 11.7 Å². The molecule has 1 aromatic rings. The first-order chi connectivity index (χ1) is 10.1. The van der Waals surface area contributed by atoms with Gasteiger partial charge in [-0.15, -0.1) is 0 Å². The van der Waals surface area contributed by atoms with Gasteiger partial charge in [-0.05, 0) is 43.2 Å². The minimum Gasteiger partial charge on any atom is -0.480 e. The number of benzene rings is 1. The molecule has 0 radical (unpaired) electrons. The van der Waals surface area contributed by atoms with E-state index in [-0.39, 0.29) is 23.6 Å². The molecule has 1 saturated heterocycles. The van der Waals surface area contributed by atoms with Crippen LogP contribution in [0.3, 0.4) is 0 Å². The highest BCUT2D eigenvalue weighted by atomic mass is 19.1. The van der Waals surface area contributed by atoms with Gasteiger partial charge in [0.25, 0.3) is 0 Å². The number of hydrogen-bond donors (Lipinski definition) is 1. The zero-order valence-corrected chi connectivity index (χ0v) is 11.7. The molecule has 1 amide bonds. The highest BCUT2D eigenvalue weighted by Crippen LogP contribution is 2.49. The van der Waals surface area contributed by atoms with Gasteiger partial charge in [0.15, 0.2) is 0 Å². The third kappa shape index (κ3) is 2.64. The van der Waals surface area contributed by atoms with Gasteiger partial charge in [-0.1, -0.05) is 18.2 Å². The van der Waals surface area contributed by atoms with Crippen molar-refractivity contribution in [3.8, 4) is 0 Å². The number of carbonyl (C=O) groups excluding carboxylic acids is 1. The van der Waals surface area contributed by atoms with Gasteiger partial charge in [-0.3, -0.25) is 4.79 Å². The Labute approximate surface area is 122 Å². The maximum Gasteiger partial charge on any atom is 0.326 e. The average molecular weight is 291 g/mol. The molecule has 3 unspecified atom stereocenters. The minimum atomic E-state index is -0.939. The van der Waals surface area contributed by atoms with Crippen LogP contribution in [0.4, 0.5) is 4.39 Å². The molecule has 3 atom stereocenters. The van der Waals surface area contributed by atoms with Crippen molar-refractivity contribution < 1.29 is 19.1 Å². The first-order valence-corrected chi connectivity index (χ1v) is 7.37. The van der Waals surface area contributed by atoms with Crippen molar-refractivity contribution in [1.29, 1.82) is 0 Å². The molecule has 0 aromatic heterocycles. The Morgan fingerprint density at radius 3 is 2.71 bits per heavy atom. The average Bonchev–Trinajstić information content (AvgIpc) is 3.27. The van der Waals surface area contributed by atoms with Crippen molar-refractivity contribution in [2.24, 2.45) is 5.92 Å². The largest absolute Gasteiger partial charge is 0.480 e. The summed E-state index contributed by atoms with van der Waals surface area (Å²) in [5.74, 6) is -1.72. The molecule has 0 bridgehead atoms. The highest BCUT2D eigenvalue weighted by molar-refractivity contribution is 5.87. The number of likely N-dealkylation sites (tertiary alicyclic amines) is 1. The molecule has 5 heteroatoms. The Balaban J connectivity index is 1.72. The summed E-state index contributed by atoms with van der Waals surface area (Å²) in [6.45, 7) is 0.496. The van der Waals surface area contributed by atoms with E-state index in [0.717, 1.165) is 12.8 Å². The number of carbonyl (C=O) groups is 2. The third-order valence-electron chi connectivity index (χ3n) is 4.48. The summed E-state index contributed by atoms with van der Waals surface area (Å²) in [5, 5.41) is 9.23. The molecular formula is C16H18FNO3. The van der Waals surface area contributed by atoms with E-state index in [9.17, 15) is 19.1 Å². The number of amides is 1. The Hall–Kier alpha value is -1.91. The van der Waals surface area contributed by atoms with Crippen LogP contribution in [0.5, 0.6) is 0 Å². The summed E-state index contributed by atoms with van der Waals surface area (Å²) < 4.78 is 13.7. The normalized spacial score (nSPS) is 28.2. The number of carboxylic acid groups (broad SMARTS) is 1. The first-order valence-electron chi connectivity index (χ1n) is 7.37. The number of nitrogens with zero attached hydrogens (tertiary/aromatic N) is 1. The lowest BCUT2D eigenvalue weighted by atomic mass is 10.0. The summed E-state index contributed by atoms with van der Waals surface area (Å²) in [4.78, 5) is 25.3. The van der Waals surface area contributed by atoms with E-state index in [2.05, 4.69) is 0 Å². The topological polar surface area (TPSA) is 57.6 Å². The number of aliphatic carboxylic acids is 1. The molecule has 1 aliphatic heterocycles. The molecule has 21 heavy (non-hydrogen) atoms. The number of rotatable bonds is 3. The Bertz CT molecular complexity index is 574. The number of hydrogen-bond acceptors (Lipinski definition) is 2. The maximum absolute atomic E-state index is 13.7. The smallest absolute Gasteiger partial charge is 0.326 e. The second kappa shape index (κ2) is 5.47. The Morgan fingerprint density at radius 1 is 1.24 bits per heavy atom. The summed E-state index contributed by atoms with van der Waals surface area (Å²) in [7, 11) is 0. The van der Waals surface area contributed by atoms with Gasteiger partial charge in [-0.2, -0.15) is 0 Å². The van der Waals surface area contributed by atoms with E-state index >= 15 is 0 Å². The Morgan fingerprint density at radius 2 is 2.00 bits per heavy atom. The molecular weight excluding hydrogens is 273 g/mol. The van der Waals surface area contributed by atoms with E-state index in [1.54, 1.807) is 18.2 Å². The van der Waals surface area contributed by atoms with Crippen LogP contribution in [-0.4, -0.2) is 34.5 Å². The van der Waals surface area contributed by atoms with Crippen molar-refractivity contribution in [1.82, 2.24) is 4.90 Å². The lowest BCUT2D eigenvalue weighted by Crippen LogP contribution is -2.48. The maximum atomic E-state index is 13.7. The second-order valence-corrected chi connectivity index (χ2v) is 5.85. The molecule has 2 aliphatic rings. The van der Waals surface area contributed by atoms with Gasteiger partial charge in [0, 0.05) is 12.5 Å². The van der Waals surface area contributed by atoms with E-state index in [0.29, 0.717) is 24.9 Å². The zero-order chi connectivity index (χ0) is 15.0. The van der Waals surface area contributed by atoms with Crippen LogP contribution in [-0.2, 0) is 9.59 Å².